The molecule has 0 unspecified atom stereocenters. The lowest BCUT2D eigenvalue weighted by Gasteiger charge is -2.36. The molecular formula is C25H29N5O4S. The maximum absolute atomic E-state index is 13.0. The Labute approximate surface area is 205 Å². The van der Waals surface area contributed by atoms with E-state index >= 15 is 0 Å². The lowest BCUT2D eigenvalue weighted by molar-refractivity contribution is -0.384. The molecule has 5 rings (SSSR count). The molecule has 35 heavy (non-hydrogen) atoms. The minimum atomic E-state index is -3.73. The molecule has 0 bridgehead atoms. The summed E-state index contributed by atoms with van der Waals surface area (Å²) < 4.78 is 27.5. The summed E-state index contributed by atoms with van der Waals surface area (Å²) in [7, 11) is -3.73. The average Bonchev–Trinajstić information content (AvgIpc) is 2.89. The number of sulfonamides is 1. The highest BCUT2D eigenvalue weighted by Crippen LogP contribution is 2.33. The molecule has 184 valence electrons. The van der Waals surface area contributed by atoms with Crippen LogP contribution in [0.2, 0.25) is 0 Å². The fraction of sp³-hybridized carbons (Fsp3) is 0.400. The zero-order valence-electron chi connectivity index (χ0n) is 19.5. The zero-order valence-corrected chi connectivity index (χ0v) is 20.4. The number of nitrogens with zero attached hydrogens (tertiary/aromatic N) is 5. The minimum Gasteiger partial charge on any atom is -0.363 e. The summed E-state index contributed by atoms with van der Waals surface area (Å²) >= 11 is 0. The van der Waals surface area contributed by atoms with Crippen molar-refractivity contribution in [3.05, 3.63) is 70.4 Å². The minimum absolute atomic E-state index is 0.00283. The molecule has 0 radical (unpaired) electrons. The molecule has 2 fully saturated rings. The number of rotatable bonds is 6. The van der Waals surface area contributed by atoms with Gasteiger partial charge in [-0.15, -0.1) is 0 Å². The van der Waals surface area contributed by atoms with Crippen LogP contribution in [0.5, 0.6) is 0 Å². The van der Waals surface area contributed by atoms with Gasteiger partial charge in [0.25, 0.3) is 5.69 Å². The lowest BCUT2D eigenvalue weighted by atomic mass is 10.1. The van der Waals surface area contributed by atoms with Crippen molar-refractivity contribution in [2.45, 2.75) is 30.7 Å². The molecule has 9 nitrogen and oxygen atoms in total. The molecule has 2 saturated heterocycles. The summed E-state index contributed by atoms with van der Waals surface area (Å²) in [6, 6.07) is 14.5. The smallest absolute Gasteiger partial charge is 0.293 e. The monoisotopic (exact) mass is 495 g/mol. The highest BCUT2D eigenvalue weighted by atomic mass is 32.2. The molecule has 2 aliphatic heterocycles. The second-order valence-electron chi connectivity index (χ2n) is 9.13. The fourth-order valence-corrected chi connectivity index (χ4v) is 6.55. The Kier molecular flexibility index (Phi) is 6.68. The third kappa shape index (κ3) is 4.86. The molecule has 0 spiro atoms. The van der Waals surface area contributed by atoms with Gasteiger partial charge in [-0.05, 0) is 36.6 Å². The molecule has 0 amide bonds. The Bertz CT molecular complexity index is 1330. The van der Waals surface area contributed by atoms with E-state index < -0.39 is 14.9 Å². The van der Waals surface area contributed by atoms with Gasteiger partial charge < -0.3 is 4.90 Å². The fourth-order valence-electron chi connectivity index (χ4n) is 5.01. The van der Waals surface area contributed by atoms with Crippen molar-refractivity contribution in [3.63, 3.8) is 0 Å². The number of piperazine rings is 1. The highest BCUT2D eigenvalue weighted by Gasteiger charge is 2.30. The van der Waals surface area contributed by atoms with E-state index in [1.54, 1.807) is 12.3 Å². The van der Waals surface area contributed by atoms with Gasteiger partial charge in [-0.3, -0.25) is 20.0 Å². The third-order valence-corrected chi connectivity index (χ3v) is 8.81. The predicted octanol–water partition coefficient (Wildman–Crippen LogP) is 3.64. The van der Waals surface area contributed by atoms with Gasteiger partial charge in [0.05, 0.1) is 15.3 Å². The quantitative estimate of drug-likeness (QED) is 0.380. The largest absolute Gasteiger partial charge is 0.363 e. The van der Waals surface area contributed by atoms with Gasteiger partial charge in [-0.1, -0.05) is 30.7 Å². The van der Waals surface area contributed by atoms with Crippen molar-refractivity contribution in [3.8, 4) is 0 Å². The van der Waals surface area contributed by atoms with Gasteiger partial charge in [-0.2, -0.15) is 4.31 Å². The molecular weight excluding hydrogens is 466 g/mol. The summed E-state index contributed by atoms with van der Waals surface area (Å²) in [5.41, 5.74) is 2.47. The van der Waals surface area contributed by atoms with E-state index in [4.69, 9.17) is 0 Å². The van der Waals surface area contributed by atoms with Crippen LogP contribution in [0.15, 0.2) is 59.6 Å². The summed E-state index contributed by atoms with van der Waals surface area (Å²) in [5.74, 6) is 0. The number of para-hydroxylation sites is 1. The Morgan fingerprint density at radius 2 is 1.66 bits per heavy atom. The van der Waals surface area contributed by atoms with Gasteiger partial charge in [-0.25, -0.2) is 8.42 Å². The van der Waals surface area contributed by atoms with Gasteiger partial charge >= 0.3 is 0 Å². The number of pyridine rings is 1. The second-order valence-corrected chi connectivity index (χ2v) is 11.1. The van der Waals surface area contributed by atoms with Crippen molar-refractivity contribution in [1.29, 1.82) is 0 Å². The predicted molar refractivity (Wildman–Crippen MR) is 135 cm³/mol. The van der Waals surface area contributed by atoms with E-state index in [-0.39, 0.29) is 10.6 Å². The van der Waals surface area contributed by atoms with E-state index in [1.807, 2.05) is 17.0 Å². The number of anilines is 1. The summed E-state index contributed by atoms with van der Waals surface area (Å²) in [6.07, 6.45) is 4.45. The Balaban J connectivity index is 1.31. The zero-order chi connectivity index (χ0) is 24.4. The normalized spacial score (nSPS) is 18.1. The summed E-state index contributed by atoms with van der Waals surface area (Å²) in [4.78, 5) is 20.3. The van der Waals surface area contributed by atoms with E-state index in [0.717, 1.165) is 55.4 Å². The second kappa shape index (κ2) is 9.88. The molecule has 0 N–H and O–H groups in total. The van der Waals surface area contributed by atoms with Crippen LogP contribution in [0.4, 0.5) is 11.4 Å². The topological polar surface area (TPSA) is 99.9 Å². The highest BCUT2D eigenvalue weighted by molar-refractivity contribution is 7.89. The van der Waals surface area contributed by atoms with Crippen LogP contribution < -0.4 is 4.90 Å². The number of nitro benzene ring substituents is 1. The Morgan fingerprint density at radius 3 is 2.40 bits per heavy atom. The van der Waals surface area contributed by atoms with Crippen LogP contribution in [0, 0.1) is 10.1 Å². The SMILES string of the molecule is O=[N+]([O-])c1cc(S(=O)(=O)N2CCCCC2)ccc1N1CCN(Cc2cccc3cccnc23)CC1. The Morgan fingerprint density at radius 1 is 0.914 bits per heavy atom. The summed E-state index contributed by atoms with van der Waals surface area (Å²) in [5, 5.41) is 13.0. The number of hydrogen-bond acceptors (Lipinski definition) is 7. The van der Waals surface area contributed by atoms with Crippen molar-refractivity contribution < 1.29 is 13.3 Å². The number of hydrogen-bond donors (Lipinski definition) is 0. The van der Waals surface area contributed by atoms with Crippen LogP contribution >= 0.6 is 0 Å². The third-order valence-electron chi connectivity index (χ3n) is 6.92. The van der Waals surface area contributed by atoms with E-state index in [2.05, 4.69) is 28.1 Å². The maximum atomic E-state index is 13.0. The van der Waals surface area contributed by atoms with Crippen molar-refractivity contribution in [2.75, 3.05) is 44.2 Å². The van der Waals surface area contributed by atoms with Gasteiger partial charge in [0.1, 0.15) is 5.69 Å². The van der Waals surface area contributed by atoms with E-state index in [0.29, 0.717) is 31.9 Å². The Hall–Kier alpha value is -3.08. The van der Waals surface area contributed by atoms with Crippen LogP contribution in [0.1, 0.15) is 24.8 Å². The van der Waals surface area contributed by atoms with Gasteiger partial charge in [0, 0.05) is 63.5 Å². The molecule has 3 heterocycles. The summed E-state index contributed by atoms with van der Waals surface area (Å²) in [6.45, 7) is 4.42. The van der Waals surface area contributed by atoms with Gasteiger partial charge in [0.15, 0.2) is 0 Å². The molecule has 0 atom stereocenters. The number of benzene rings is 2. The first-order valence-corrected chi connectivity index (χ1v) is 13.5. The van der Waals surface area contributed by atoms with Crippen molar-refractivity contribution >= 4 is 32.3 Å². The molecule has 0 aliphatic carbocycles. The molecule has 3 aromatic rings. The lowest BCUT2D eigenvalue weighted by Crippen LogP contribution is -2.46. The van der Waals surface area contributed by atoms with Crippen LogP contribution in [0.3, 0.4) is 0 Å². The first-order chi connectivity index (χ1) is 16.9. The molecule has 1 aromatic heterocycles. The van der Waals surface area contributed by atoms with Crippen LogP contribution in [0.25, 0.3) is 10.9 Å². The van der Waals surface area contributed by atoms with Crippen LogP contribution in [-0.4, -0.2) is 66.8 Å². The standard InChI is InChI=1S/C25H29N5O4S/c31-30(32)24-18-22(35(33,34)29-12-2-1-3-13-29)9-10-23(24)28-16-14-27(15-17-28)19-21-7-4-6-20-8-5-11-26-25(20)21/h4-11,18H,1-3,12-17,19H2. The number of fused-ring (bicyclic) bond motifs is 1. The van der Waals surface area contributed by atoms with Crippen molar-refractivity contribution in [1.82, 2.24) is 14.2 Å². The number of piperidine rings is 1. The first-order valence-electron chi connectivity index (χ1n) is 12.0. The first kappa shape index (κ1) is 23.7. The molecule has 2 aromatic carbocycles. The number of nitro groups is 1. The van der Waals surface area contributed by atoms with Gasteiger partial charge in [0.2, 0.25) is 10.0 Å². The van der Waals surface area contributed by atoms with E-state index in [1.165, 1.54) is 16.4 Å². The maximum Gasteiger partial charge on any atom is 0.293 e. The molecule has 0 saturated carbocycles. The van der Waals surface area contributed by atoms with Crippen molar-refractivity contribution in [2.24, 2.45) is 0 Å². The molecule has 10 heteroatoms. The van der Waals surface area contributed by atoms with E-state index in [9.17, 15) is 18.5 Å². The average molecular weight is 496 g/mol. The number of aromatic nitrogens is 1. The molecule has 2 aliphatic rings. The van der Waals surface area contributed by atoms with Crippen LogP contribution in [-0.2, 0) is 16.6 Å².